The molecule has 0 aliphatic heterocycles. The van der Waals surface area contributed by atoms with Gasteiger partial charge >= 0.3 is 0 Å². The van der Waals surface area contributed by atoms with E-state index in [0.717, 1.165) is 28.7 Å². The molecule has 0 aliphatic carbocycles. The van der Waals surface area contributed by atoms with Crippen LogP contribution in [0.5, 0.6) is 0 Å². The zero-order valence-electron chi connectivity index (χ0n) is 14.8. The zero-order chi connectivity index (χ0) is 17.6. The van der Waals surface area contributed by atoms with Gasteiger partial charge in [0.1, 0.15) is 11.3 Å². The standard InChI is InChI=1S/C22H25NO2/c1-2-3-4-5-6-7-16-8-10-17(11-9-16)21-15-19-14-18(22(23)24)12-13-20(19)25-21/h8-15H,2-7H2,1H3,(H2,23,24). The van der Waals surface area contributed by atoms with E-state index in [0.29, 0.717) is 5.56 Å². The van der Waals surface area contributed by atoms with Crippen molar-refractivity contribution in [1.29, 1.82) is 0 Å². The third kappa shape index (κ3) is 4.30. The lowest BCUT2D eigenvalue weighted by Crippen LogP contribution is -2.10. The maximum Gasteiger partial charge on any atom is 0.248 e. The number of furan rings is 1. The number of benzene rings is 2. The van der Waals surface area contributed by atoms with Gasteiger partial charge < -0.3 is 10.2 Å². The average Bonchev–Trinajstić information content (AvgIpc) is 3.05. The summed E-state index contributed by atoms with van der Waals surface area (Å²) in [6, 6.07) is 15.8. The van der Waals surface area contributed by atoms with E-state index in [-0.39, 0.29) is 0 Å². The quantitative estimate of drug-likeness (QED) is 0.536. The van der Waals surface area contributed by atoms with Gasteiger partial charge in [0.05, 0.1) is 0 Å². The Hall–Kier alpha value is -2.55. The van der Waals surface area contributed by atoms with Crippen molar-refractivity contribution < 1.29 is 9.21 Å². The van der Waals surface area contributed by atoms with Crippen LogP contribution in [-0.4, -0.2) is 5.91 Å². The van der Waals surface area contributed by atoms with E-state index in [4.69, 9.17) is 10.2 Å². The number of aryl methyl sites for hydroxylation is 1. The first-order valence-corrected chi connectivity index (χ1v) is 9.10. The van der Waals surface area contributed by atoms with E-state index in [1.54, 1.807) is 18.2 Å². The van der Waals surface area contributed by atoms with Crippen molar-refractivity contribution in [2.75, 3.05) is 0 Å². The third-order valence-corrected chi connectivity index (χ3v) is 4.61. The second kappa shape index (κ2) is 8.02. The predicted octanol–water partition coefficient (Wildman–Crippen LogP) is 5.71. The van der Waals surface area contributed by atoms with Crippen LogP contribution in [0.3, 0.4) is 0 Å². The Bertz CT molecular complexity index is 846. The second-order valence-electron chi connectivity index (χ2n) is 6.59. The normalized spacial score (nSPS) is 11.1. The van der Waals surface area contributed by atoms with E-state index in [2.05, 4.69) is 31.2 Å². The molecule has 3 rings (SSSR count). The fourth-order valence-electron chi connectivity index (χ4n) is 3.11. The maximum absolute atomic E-state index is 11.3. The minimum atomic E-state index is -0.423. The molecule has 0 aliphatic rings. The van der Waals surface area contributed by atoms with Gasteiger partial charge in [0.15, 0.2) is 0 Å². The fourth-order valence-corrected chi connectivity index (χ4v) is 3.11. The molecule has 2 aromatic carbocycles. The number of carbonyl (C=O) groups is 1. The van der Waals surface area contributed by atoms with Crippen molar-refractivity contribution in [2.24, 2.45) is 5.73 Å². The maximum atomic E-state index is 11.3. The zero-order valence-corrected chi connectivity index (χ0v) is 14.8. The average molecular weight is 335 g/mol. The highest BCUT2D eigenvalue weighted by molar-refractivity contribution is 5.97. The number of amides is 1. The van der Waals surface area contributed by atoms with Crippen molar-refractivity contribution in [3.8, 4) is 11.3 Å². The van der Waals surface area contributed by atoms with E-state index in [9.17, 15) is 4.79 Å². The number of carbonyl (C=O) groups excluding carboxylic acids is 1. The third-order valence-electron chi connectivity index (χ3n) is 4.61. The van der Waals surface area contributed by atoms with Gasteiger partial charge in [0, 0.05) is 16.5 Å². The van der Waals surface area contributed by atoms with Crippen LogP contribution in [-0.2, 0) is 6.42 Å². The second-order valence-corrected chi connectivity index (χ2v) is 6.59. The summed E-state index contributed by atoms with van der Waals surface area (Å²) in [4.78, 5) is 11.3. The van der Waals surface area contributed by atoms with Crippen molar-refractivity contribution in [2.45, 2.75) is 45.4 Å². The molecule has 0 unspecified atom stereocenters. The SMILES string of the molecule is CCCCCCCc1ccc(-c2cc3cc(C(N)=O)ccc3o2)cc1. The minimum Gasteiger partial charge on any atom is -0.456 e. The van der Waals surface area contributed by atoms with Gasteiger partial charge in [-0.3, -0.25) is 4.79 Å². The smallest absolute Gasteiger partial charge is 0.248 e. The molecule has 3 nitrogen and oxygen atoms in total. The number of hydrogen-bond donors (Lipinski definition) is 1. The molecular weight excluding hydrogens is 310 g/mol. The van der Waals surface area contributed by atoms with Gasteiger partial charge in [-0.15, -0.1) is 0 Å². The molecule has 0 fully saturated rings. The van der Waals surface area contributed by atoms with Crippen molar-refractivity contribution in [1.82, 2.24) is 0 Å². The lowest BCUT2D eigenvalue weighted by atomic mass is 10.0. The summed E-state index contributed by atoms with van der Waals surface area (Å²) in [5, 5.41) is 0.895. The molecule has 0 radical (unpaired) electrons. The minimum absolute atomic E-state index is 0.423. The van der Waals surface area contributed by atoms with E-state index in [1.165, 1.54) is 37.7 Å². The Labute approximate surface area is 148 Å². The Morgan fingerprint density at radius 2 is 1.72 bits per heavy atom. The highest BCUT2D eigenvalue weighted by atomic mass is 16.3. The molecule has 2 N–H and O–H groups in total. The summed E-state index contributed by atoms with van der Waals surface area (Å²) in [5.41, 5.74) is 9.01. The number of fused-ring (bicyclic) bond motifs is 1. The molecule has 0 bridgehead atoms. The van der Waals surface area contributed by atoms with Gasteiger partial charge in [-0.2, -0.15) is 0 Å². The lowest BCUT2D eigenvalue weighted by molar-refractivity contribution is 0.100. The van der Waals surface area contributed by atoms with E-state index in [1.807, 2.05) is 6.07 Å². The molecule has 0 saturated carbocycles. The Morgan fingerprint density at radius 3 is 2.44 bits per heavy atom. The molecule has 3 aromatic rings. The molecule has 1 heterocycles. The molecule has 130 valence electrons. The molecule has 25 heavy (non-hydrogen) atoms. The number of unbranched alkanes of at least 4 members (excludes halogenated alkanes) is 4. The highest BCUT2D eigenvalue weighted by Gasteiger charge is 2.09. The monoisotopic (exact) mass is 335 g/mol. The van der Waals surface area contributed by atoms with Crippen LogP contribution < -0.4 is 5.73 Å². The summed E-state index contributed by atoms with van der Waals surface area (Å²) in [6.45, 7) is 2.24. The van der Waals surface area contributed by atoms with Gasteiger partial charge in [0.25, 0.3) is 0 Å². The lowest BCUT2D eigenvalue weighted by Gasteiger charge is -2.03. The summed E-state index contributed by atoms with van der Waals surface area (Å²) >= 11 is 0. The van der Waals surface area contributed by atoms with Gasteiger partial charge in [-0.05, 0) is 42.7 Å². The Kier molecular flexibility index (Phi) is 5.54. The van der Waals surface area contributed by atoms with Gasteiger partial charge in [0.2, 0.25) is 5.91 Å². The number of primary amides is 1. The molecular formula is C22H25NO2. The van der Waals surface area contributed by atoms with Crippen LogP contribution in [0.4, 0.5) is 0 Å². The summed E-state index contributed by atoms with van der Waals surface area (Å²) in [7, 11) is 0. The largest absolute Gasteiger partial charge is 0.456 e. The topological polar surface area (TPSA) is 56.2 Å². The van der Waals surface area contributed by atoms with Crippen LogP contribution in [0, 0.1) is 0 Å². The van der Waals surface area contributed by atoms with Crippen molar-refractivity contribution in [3.63, 3.8) is 0 Å². The summed E-state index contributed by atoms with van der Waals surface area (Å²) < 4.78 is 5.90. The first-order valence-electron chi connectivity index (χ1n) is 9.10. The number of nitrogens with two attached hydrogens (primary N) is 1. The predicted molar refractivity (Wildman–Crippen MR) is 103 cm³/mol. The fraction of sp³-hybridized carbons (Fsp3) is 0.318. The summed E-state index contributed by atoms with van der Waals surface area (Å²) in [5.74, 6) is 0.388. The van der Waals surface area contributed by atoms with E-state index >= 15 is 0 Å². The van der Waals surface area contributed by atoms with E-state index < -0.39 is 5.91 Å². The first-order chi connectivity index (χ1) is 12.2. The molecule has 1 aromatic heterocycles. The van der Waals surface area contributed by atoms with Gasteiger partial charge in [-0.1, -0.05) is 56.9 Å². The van der Waals surface area contributed by atoms with Crippen LogP contribution in [0.2, 0.25) is 0 Å². The van der Waals surface area contributed by atoms with Crippen LogP contribution in [0.1, 0.15) is 54.9 Å². The molecule has 0 atom stereocenters. The molecule has 1 amide bonds. The number of hydrogen-bond acceptors (Lipinski definition) is 2. The first kappa shape index (κ1) is 17.3. The summed E-state index contributed by atoms with van der Waals surface area (Å²) in [6.07, 6.45) is 7.64. The highest BCUT2D eigenvalue weighted by Crippen LogP contribution is 2.28. The van der Waals surface area contributed by atoms with Crippen LogP contribution in [0.25, 0.3) is 22.3 Å². The van der Waals surface area contributed by atoms with Crippen molar-refractivity contribution in [3.05, 3.63) is 59.7 Å². The van der Waals surface area contributed by atoms with Crippen LogP contribution in [0.15, 0.2) is 52.9 Å². The van der Waals surface area contributed by atoms with Crippen molar-refractivity contribution >= 4 is 16.9 Å². The van der Waals surface area contributed by atoms with Crippen LogP contribution >= 0.6 is 0 Å². The number of rotatable bonds is 8. The molecule has 3 heteroatoms. The molecule has 0 saturated heterocycles. The Balaban J connectivity index is 1.69. The van der Waals surface area contributed by atoms with Gasteiger partial charge in [-0.25, -0.2) is 0 Å². The Morgan fingerprint density at radius 1 is 0.960 bits per heavy atom. The molecule has 0 spiro atoms.